The van der Waals surface area contributed by atoms with Crippen molar-refractivity contribution in [1.29, 1.82) is 0 Å². The van der Waals surface area contributed by atoms with Gasteiger partial charge in [0, 0.05) is 5.56 Å². The molecule has 0 unspecified atom stereocenters. The summed E-state index contributed by atoms with van der Waals surface area (Å²) in [5.74, 6) is 1.53. The van der Waals surface area contributed by atoms with Gasteiger partial charge in [0.25, 0.3) is 0 Å². The molecule has 2 rings (SSSR count). The molecule has 1 aliphatic rings. The Hall–Kier alpha value is -0.940. The number of ether oxygens (including phenoxy) is 2. The van der Waals surface area contributed by atoms with Crippen LogP contribution in [0.1, 0.15) is 5.56 Å². The molecule has 1 aromatic carbocycles. The lowest BCUT2D eigenvalue weighted by Crippen LogP contribution is -2.16. The van der Waals surface area contributed by atoms with Crippen LogP contribution in [0.2, 0.25) is 0 Å². The van der Waals surface area contributed by atoms with Crippen molar-refractivity contribution in [3.63, 3.8) is 0 Å². The van der Waals surface area contributed by atoms with E-state index in [9.17, 15) is 5.11 Å². The molecule has 0 amide bonds. The van der Waals surface area contributed by atoms with Gasteiger partial charge in [-0.25, -0.2) is 0 Å². The summed E-state index contributed by atoms with van der Waals surface area (Å²) in [6.45, 7) is 1.87. The van der Waals surface area contributed by atoms with Gasteiger partial charge in [-0.2, -0.15) is 0 Å². The molecule has 0 aliphatic carbocycles. The van der Waals surface area contributed by atoms with E-state index in [1.807, 2.05) is 13.1 Å². The molecule has 5 heteroatoms. The van der Waals surface area contributed by atoms with Crippen molar-refractivity contribution in [3.8, 4) is 17.2 Å². The van der Waals surface area contributed by atoms with Crippen LogP contribution < -0.4 is 14.8 Å². The minimum Gasteiger partial charge on any atom is -0.506 e. The average molecular weight is 288 g/mol. The summed E-state index contributed by atoms with van der Waals surface area (Å²) < 4.78 is 11.5. The Labute approximate surface area is 103 Å². The first kappa shape index (κ1) is 11.5. The molecule has 0 aromatic heterocycles. The molecular weight excluding hydrogens is 274 g/mol. The SMILES string of the molecule is CNCCc1cc2c(c(Br)c1O)OCCO2. The highest BCUT2D eigenvalue weighted by molar-refractivity contribution is 9.10. The highest BCUT2D eigenvalue weighted by Gasteiger charge is 2.20. The standard InChI is InChI=1S/C11H14BrNO3/c1-13-3-2-7-6-8-11(9(12)10(7)14)16-5-4-15-8/h6,13-14H,2-5H2,1H3. The molecule has 0 saturated heterocycles. The van der Waals surface area contributed by atoms with Crippen LogP contribution in [0, 0.1) is 0 Å². The van der Waals surface area contributed by atoms with Crippen LogP contribution in [0.4, 0.5) is 0 Å². The van der Waals surface area contributed by atoms with Gasteiger partial charge in [-0.3, -0.25) is 0 Å². The molecule has 0 radical (unpaired) electrons. The number of nitrogens with one attached hydrogen (secondary N) is 1. The molecule has 1 aromatic rings. The zero-order valence-corrected chi connectivity index (χ0v) is 10.6. The Balaban J connectivity index is 2.36. The maximum absolute atomic E-state index is 9.97. The van der Waals surface area contributed by atoms with Crippen LogP contribution in [0.25, 0.3) is 0 Å². The number of rotatable bonds is 3. The number of hydrogen-bond donors (Lipinski definition) is 2. The molecule has 4 nitrogen and oxygen atoms in total. The molecule has 1 aliphatic heterocycles. The lowest BCUT2D eigenvalue weighted by atomic mass is 10.1. The van der Waals surface area contributed by atoms with Crippen LogP contribution in [-0.2, 0) is 6.42 Å². The third kappa shape index (κ3) is 2.10. The van der Waals surface area contributed by atoms with Crippen LogP contribution >= 0.6 is 15.9 Å². The Morgan fingerprint density at radius 3 is 2.94 bits per heavy atom. The van der Waals surface area contributed by atoms with Crippen LogP contribution in [0.3, 0.4) is 0 Å². The Morgan fingerprint density at radius 2 is 2.19 bits per heavy atom. The zero-order chi connectivity index (χ0) is 11.5. The highest BCUT2D eigenvalue weighted by atomic mass is 79.9. The van der Waals surface area contributed by atoms with Gasteiger partial charge >= 0.3 is 0 Å². The normalized spacial score (nSPS) is 13.9. The van der Waals surface area contributed by atoms with Crippen molar-refractivity contribution < 1.29 is 14.6 Å². The fraction of sp³-hybridized carbons (Fsp3) is 0.455. The van der Waals surface area contributed by atoms with E-state index in [0.29, 0.717) is 29.2 Å². The number of halogens is 1. The quantitative estimate of drug-likeness (QED) is 0.888. The van der Waals surface area contributed by atoms with Crippen LogP contribution in [0.5, 0.6) is 17.2 Å². The maximum Gasteiger partial charge on any atom is 0.179 e. The predicted molar refractivity (Wildman–Crippen MR) is 64.4 cm³/mol. The second kappa shape index (κ2) is 4.93. The van der Waals surface area contributed by atoms with Crippen molar-refractivity contribution in [2.75, 3.05) is 26.8 Å². The average Bonchev–Trinajstić information content (AvgIpc) is 2.32. The van der Waals surface area contributed by atoms with Gasteiger partial charge in [0.2, 0.25) is 0 Å². The molecular formula is C11H14BrNO3. The number of hydrogen-bond acceptors (Lipinski definition) is 4. The van der Waals surface area contributed by atoms with E-state index in [1.165, 1.54) is 0 Å². The first-order chi connectivity index (χ1) is 7.74. The van der Waals surface area contributed by atoms with E-state index in [-0.39, 0.29) is 5.75 Å². The number of phenols is 1. The topological polar surface area (TPSA) is 50.7 Å². The monoisotopic (exact) mass is 287 g/mol. The molecule has 2 N–H and O–H groups in total. The summed E-state index contributed by atoms with van der Waals surface area (Å²) in [5.41, 5.74) is 0.852. The Bertz CT molecular complexity index is 395. The molecule has 0 fully saturated rings. The van der Waals surface area contributed by atoms with Crippen molar-refractivity contribution in [2.24, 2.45) is 0 Å². The molecule has 16 heavy (non-hydrogen) atoms. The van der Waals surface area contributed by atoms with E-state index in [1.54, 1.807) is 0 Å². The summed E-state index contributed by atoms with van der Waals surface area (Å²) in [6.07, 6.45) is 0.748. The summed E-state index contributed by atoms with van der Waals surface area (Å²) in [4.78, 5) is 0. The van der Waals surface area contributed by atoms with Crippen molar-refractivity contribution >= 4 is 15.9 Å². The van der Waals surface area contributed by atoms with Gasteiger partial charge in [0.15, 0.2) is 11.5 Å². The van der Waals surface area contributed by atoms with Crippen molar-refractivity contribution in [3.05, 3.63) is 16.1 Å². The zero-order valence-electron chi connectivity index (χ0n) is 9.05. The number of aromatic hydroxyl groups is 1. The fourth-order valence-corrected chi connectivity index (χ4v) is 2.20. The number of phenolic OH excluding ortho intramolecular Hbond substituents is 1. The lowest BCUT2D eigenvalue weighted by molar-refractivity contribution is 0.169. The second-order valence-electron chi connectivity index (χ2n) is 3.58. The molecule has 0 atom stereocenters. The van der Waals surface area contributed by atoms with Gasteiger partial charge in [-0.1, -0.05) is 0 Å². The maximum atomic E-state index is 9.97. The van der Waals surface area contributed by atoms with Crippen LogP contribution in [-0.4, -0.2) is 31.9 Å². The Kier molecular flexibility index (Phi) is 3.56. The van der Waals surface area contributed by atoms with Gasteiger partial charge in [-0.15, -0.1) is 0 Å². The summed E-state index contributed by atoms with van der Waals surface area (Å²) in [6, 6.07) is 1.84. The molecule has 88 valence electrons. The van der Waals surface area contributed by atoms with Gasteiger partial charge < -0.3 is 19.9 Å². The van der Waals surface area contributed by atoms with E-state index in [4.69, 9.17) is 9.47 Å². The van der Waals surface area contributed by atoms with E-state index < -0.39 is 0 Å². The minimum absolute atomic E-state index is 0.236. The first-order valence-corrected chi connectivity index (χ1v) is 5.98. The van der Waals surface area contributed by atoms with E-state index in [0.717, 1.165) is 18.5 Å². The summed E-state index contributed by atoms with van der Waals surface area (Å²) >= 11 is 3.33. The summed E-state index contributed by atoms with van der Waals surface area (Å²) in [7, 11) is 1.88. The predicted octanol–water partition coefficient (Wildman–Crippen LogP) is 1.69. The third-order valence-corrected chi connectivity index (χ3v) is 3.21. The second-order valence-corrected chi connectivity index (χ2v) is 4.37. The minimum atomic E-state index is 0.236. The number of benzene rings is 1. The molecule has 0 spiro atoms. The van der Waals surface area contributed by atoms with E-state index >= 15 is 0 Å². The Morgan fingerprint density at radius 1 is 1.44 bits per heavy atom. The van der Waals surface area contributed by atoms with Crippen LogP contribution in [0.15, 0.2) is 10.5 Å². The fourth-order valence-electron chi connectivity index (χ4n) is 1.64. The number of likely N-dealkylation sites (N-methyl/N-ethyl adjacent to an activating group) is 1. The first-order valence-electron chi connectivity index (χ1n) is 5.18. The molecule has 0 bridgehead atoms. The third-order valence-electron chi connectivity index (χ3n) is 2.47. The van der Waals surface area contributed by atoms with Gasteiger partial charge in [0.1, 0.15) is 23.4 Å². The molecule has 0 saturated carbocycles. The smallest absolute Gasteiger partial charge is 0.179 e. The number of fused-ring (bicyclic) bond motifs is 1. The van der Waals surface area contributed by atoms with Gasteiger partial charge in [0.05, 0.1) is 0 Å². The van der Waals surface area contributed by atoms with Crippen molar-refractivity contribution in [2.45, 2.75) is 6.42 Å². The lowest BCUT2D eigenvalue weighted by Gasteiger charge is -2.21. The molecule has 1 heterocycles. The summed E-state index contributed by atoms with van der Waals surface area (Å²) in [5, 5.41) is 13.0. The van der Waals surface area contributed by atoms with Crippen molar-refractivity contribution in [1.82, 2.24) is 5.32 Å². The largest absolute Gasteiger partial charge is 0.506 e. The van der Waals surface area contributed by atoms with E-state index in [2.05, 4.69) is 21.2 Å². The highest BCUT2D eigenvalue weighted by Crippen LogP contribution is 2.45. The van der Waals surface area contributed by atoms with Gasteiger partial charge in [-0.05, 0) is 42.0 Å².